The Morgan fingerprint density at radius 2 is 1.90 bits per heavy atom. The molecule has 1 heterocycles. The molecule has 0 aliphatic heterocycles. The van der Waals surface area contributed by atoms with Crippen molar-refractivity contribution < 1.29 is 9.84 Å². The first-order valence-electron chi connectivity index (χ1n) is 6.98. The van der Waals surface area contributed by atoms with Crippen LogP contribution in [0.25, 0.3) is 0 Å². The van der Waals surface area contributed by atoms with Gasteiger partial charge < -0.3 is 9.84 Å². The topological polar surface area (TPSA) is 84.3 Å². The highest BCUT2D eigenvalue weighted by Gasteiger charge is 2.16. The maximum absolute atomic E-state index is 11.7. The lowest BCUT2D eigenvalue weighted by Gasteiger charge is -2.13. The quantitative estimate of drug-likeness (QED) is 0.742. The molecule has 0 fully saturated rings. The molecule has 0 aliphatic rings. The Morgan fingerprint density at radius 1 is 1.25 bits per heavy atom. The van der Waals surface area contributed by atoms with Gasteiger partial charge in [-0.1, -0.05) is 27.7 Å². The predicted molar refractivity (Wildman–Crippen MR) is 77.4 cm³/mol. The summed E-state index contributed by atoms with van der Waals surface area (Å²) in [5, 5.41) is 10.1. The zero-order valence-electron chi connectivity index (χ0n) is 12.6. The largest absolute Gasteiger partial charge is 0.494 e. The van der Waals surface area contributed by atoms with Gasteiger partial charge in [0.05, 0.1) is 5.56 Å². The third-order valence-electron chi connectivity index (χ3n) is 2.91. The fourth-order valence-electron chi connectivity index (χ4n) is 1.95. The van der Waals surface area contributed by atoms with E-state index in [0.717, 1.165) is 0 Å². The van der Waals surface area contributed by atoms with Crippen molar-refractivity contribution in [1.29, 1.82) is 0 Å². The molecule has 2 N–H and O–H groups in total. The first-order valence-corrected chi connectivity index (χ1v) is 6.98. The van der Waals surface area contributed by atoms with Gasteiger partial charge in [0.25, 0.3) is 5.56 Å². The van der Waals surface area contributed by atoms with Crippen LogP contribution in [0.4, 0.5) is 0 Å². The van der Waals surface area contributed by atoms with Gasteiger partial charge in [-0.25, -0.2) is 4.79 Å². The lowest BCUT2D eigenvalue weighted by Crippen LogP contribution is -2.33. The average molecular weight is 284 g/mol. The minimum atomic E-state index is -0.583. The van der Waals surface area contributed by atoms with Crippen LogP contribution in [0.5, 0.6) is 5.88 Å². The van der Waals surface area contributed by atoms with E-state index in [4.69, 9.17) is 4.74 Å². The van der Waals surface area contributed by atoms with Gasteiger partial charge in [-0.2, -0.15) is 0 Å². The van der Waals surface area contributed by atoms with Gasteiger partial charge in [0.1, 0.15) is 0 Å². The molecular weight excluding hydrogens is 260 g/mol. The van der Waals surface area contributed by atoms with Crippen LogP contribution in [-0.4, -0.2) is 27.9 Å². The van der Waals surface area contributed by atoms with Crippen LogP contribution in [0, 0.1) is 5.92 Å². The number of aromatic hydroxyl groups is 1. The maximum atomic E-state index is 11.7. The van der Waals surface area contributed by atoms with Gasteiger partial charge in [-0.3, -0.25) is 14.3 Å². The second-order valence-electron chi connectivity index (χ2n) is 5.63. The highest BCUT2D eigenvalue weighted by atomic mass is 16.5. The van der Waals surface area contributed by atoms with Gasteiger partial charge in [-0.15, -0.1) is 0 Å². The summed E-state index contributed by atoms with van der Waals surface area (Å²) >= 11 is 0. The summed E-state index contributed by atoms with van der Waals surface area (Å²) in [5.41, 5.74) is -0.858. The van der Waals surface area contributed by atoms with E-state index >= 15 is 0 Å². The van der Waals surface area contributed by atoms with Gasteiger partial charge >= 0.3 is 5.69 Å². The van der Waals surface area contributed by atoms with Gasteiger partial charge in [-0.05, 0) is 18.3 Å². The zero-order valence-corrected chi connectivity index (χ0v) is 12.6. The van der Waals surface area contributed by atoms with E-state index in [1.165, 1.54) is 4.57 Å². The summed E-state index contributed by atoms with van der Waals surface area (Å²) in [6.07, 6.45) is 0.601. The summed E-state index contributed by atoms with van der Waals surface area (Å²) in [6.45, 7) is 9.22. The first kappa shape index (κ1) is 16.5. The standard InChI is InChI=1S/C14H24N2O4/c1-9(2)8-20-7-5-6-16-13(18)11(10(3)4)12(17)15-14(16)19/h9-10,18H,5-8H2,1-4H3,(H,15,17,19). The summed E-state index contributed by atoms with van der Waals surface area (Å²) < 4.78 is 6.62. The average Bonchev–Trinajstić information content (AvgIpc) is 2.30. The number of aromatic amines is 1. The molecule has 1 rings (SSSR count). The Balaban J connectivity index is 2.78. The molecule has 6 nitrogen and oxygen atoms in total. The van der Waals surface area contributed by atoms with Crippen molar-refractivity contribution in [3.05, 3.63) is 26.4 Å². The van der Waals surface area contributed by atoms with E-state index in [0.29, 0.717) is 32.1 Å². The minimum Gasteiger partial charge on any atom is -0.494 e. The molecule has 0 bridgehead atoms. The molecule has 6 heteroatoms. The molecule has 0 unspecified atom stereocenters. The van der Waals surface area contributed by atoms with Crippen LogP contribution < -0.4 is 11.2 Å². The van der Waals surface area contributed by atoms with Gasteiger partial charge in [0.15, 0.2) is 0 Å². The minimum absolute atomic E-state index is 0.150. The van der Waals surface area contributed by atoms with Crippen molar-refractivity contribution in [1.82, 2.24) is 9.55 Å². The number of aromatic nitrogens is 2. The van der Waals surface area contributed by atoms with Gasteiger partial charge in [0.2, 0.25) is 5.88 Å². The molecule has 0 aromatic carbocycles. The number of H-pyrrole nitrogens is 1. The van der Waals surface area contributed by atoms with E-state index in [-0.39, 0.29) is 17.4 Å². The third kappa shape index (κ3) is 4.23. The van der Waals surface area contributed by atoms with Crippen molar-refractivity contribution >= 4 is 0 Å². The van der Waals surface area contributed by atoms with E-state index < -0.39 is 11.2 Å². The lowest BCUT2D eigenvalue weighted by atomic mass is 10.1. The SMILES string of the molecule is CC(C)COCCCn1c(O)c(C(C)C)c(=O)[nH]c1=O. The van der Waals surface area contributed by atoms with Crippen LogP contribution in [0.1, 0.15) is 45.6 Å². The van der Waals surface area contributed by atoms with E-state index in [1.54, 1.807) is 13.8 Å². The van der Waals surface area contributed by atoms with Crippen molar-refractivity contribution in [2.75, 3.05) is 13.2 Å². The monoisotopic (exact) mass is 284 g/mol. The zero-order chi connectivity index (χ0) is 15.3. The summed E-state index contributed by atoms with van der Waals surface area (Å²) in [6, 6.07) is 0. The smallest absolute Gasteiger partial charge is 0.331 e. The molecule has 0 radical (unpaired) electrons. The maximum Gasteiger partial charge on any atom is 0.331 e. The van der Waals surface area contributed by atoms with Crippen molar-refractivity contribution in [3.8, 4) is 5.88 Å². The number of hydrogen-bond donors (Lipinski definition) is 2. The molecule has 0 amide bonds. The van der Waals surface area contributed by atoms with Crippen LogP contribution in [0.2, 0.25) is 0 Å². The van der Waals surface area contributed by atoms with Crippen molar-refractivity contribution in [2.45, 2.75) is 46.6 Å². The Labute approximate surface area is 118 Å². The van der Waals surface area contributed by atoms with E-state index in [9.17, 15) is 14.7 Å². The lowest BCUT2D eigenvalue weighted by molar-refractivity contribution is 0.104. The molecule has 1 aromatic rings. The Bertz CT molecular complexity index is 543. The summed E-state index contributed by atoms with van der Waals surface area (Å²) in [4.78, 5) is 25.6. The number of nitrogens with one attached hydrogen (secondary N) is 1. The first-order chi connectivity index (χ1) is 9.34. The van der Waals surface area contributed by atoms with Gasteiger partial charge in [0, 0.05) is 19.8 Å². The van der Waals surface area contributed by atoms with Crippen LogP contribution >= 0.6 is 0 Å². The molecule has 0 aliphatic carbocycles. The highest BCUT2D eigenvalue weighted by molar-refractivity contribution is 5.25. The van der Waals surface area contributed by atoms with E-state index in [1.807, 2.05) is 0 Å². The van der Waals surface area contributed by atoms with Crippen LogP contribution in [0.3, 0.4) is 0 Å². The molecule has 0 saturated carbocycles. The van der Waals surface area contributed by atoms with Crippen LogP contribution in [-0.2, 0) is 11.3 Å². The Hall–Kier alpha value is -1.56. The summed E-state index contributed by atoms with van der Waals surface area (Å²) in [5.74, 6) is 0.0761. The highest BCUT2D eigenvalue weighted by Crippen LogP contribution is 2.19. The summed E-state index contributed by atoms with van der Waals surface area (Å²) in [7, 11) is 0. The van der Waals surface area contributed by atoms with Crippen molar-refractivity contribution in [2.24, 2.45) is 5.92 Å². The molecule has 0 spiro atoms. The molecule has 114 valence electrons. The number of ether oxygens (including phenoxy) is 1. The third-order valence-corrected chi connectivity index (χ3v) is 2.91. The molecule has 20 heavy (non-hydrogen) atoms. The molecule has 0 saturated heterocycles. The number of rotatable bonds is 7. The predicted octanol–water partition coefficient (Wildman–Crippen LogP) is 1.43. The Kier molecular flexibility index (Phi) is 6.01. The fourth-order valence-corrected chi connectivity index (χ4v) is 1.95. The van der Waals surface area contributed by atoms with E-state index in [2.05, 4.69) is 18.8 Å². The second kappa shape index (κ2) is 7.28. The number of nitrogens with zero attached hydrogens (tertiary/aromatic N) is 1. The van der Waals surface area contributed by atoms with Crippen LogP contribution in [0.15, 0.2) is 9.59 Å². The molecular formula is C14H24N2O4. The number of hydrogen-bond acceptors (Lipinski definition) is 4. The molecule has 0 atom stereocenters. The fraction of sp³-hybridized carbons (Fsp3) is 0.714. The molecule has 1 aromatic heterocycles. The van der Waals surface area contributed by atoms with Crippen molar-refractivity contribution in [3.63, 3.8) is 0 Å². The Morgan fingerprint density at radius 3 is 2.45 bits per heavy atom. The normalized spacial score (nSPS) is 11.5. The second-order valence-corrected chi connectivity index (χ2v) is 5.63.